The Morgan fingerprint density at radius 3 is 3.05 bits per heavy atom. The van der Waals surface area contributed by atoms with Crippen LogP contribution in [0.15, 0.2) is 22.5 Å². The molecule has 1 aliphatic heterocycles. The molecule has 1 aromatic rings. The topological polar surface area (TPSA) is 45.7 Å². The Hall–Kier alpha value is -1.07. The second-order valence-electron chi connectivity index (χ2n) is 6.89. The number of fused-ring (bicyclic) bond motifs is 1. The van der Waals surface area contributed by atoms with Gasteiger partial charge in [0.1, 0.15) is 0 Å². The first-order valence-corrected chi connectivity index (χ1v) is 9.14. The van der Waals surface area contributed by atoms with E-state index in [9.17, 15) is 0 Å². The number of hydrogen-bond acceptors (Lipinski definition) is 3. The second-order valence-corrected chi connectivity index (χ2v) is 7.87. The van der Waals surface area contributed by atoms with Crippen molar-refractivity contribution in [2.24, 2.45) is 16.3 Å². The lowest BCUT2D eigenvalue weighted by atomic mass is 9.57. The molecule has 0 aromatic carbocycles. The van der Waals surface area contributed by atoms with E-state index < -0.39 is 0 Å². The van der Waals surface area contributed by atoms with Gasteiger partial charge in [0, 0.05) is 35.4 Å². The molecule has 0 amide bonds. The first-order valence-electron chi connectivity index (χ1n) is 8.26. The predicted octanol–water partition coefficient (Wildman–Crippen LogP) is 3.18. The molecule has 2 heterocycles. The van der Waals surface area contributed by atoms with Crippen LogP contribution < -0.4 is 10.6 Å². The number of aliphatic imine (C=N–C) groups is 1. The summed E-state index contributed by atoms with van der Waals surface area (Å²) >= 11 is 1.78. The molecule has 4 nitrogen and oxygen atoms in total. The predicted molar refractivity (Wildman–Crippen MR) is 92.4 cm³/mol. The molecule has 0 radical (unpaired) electrons. The van der Waals surface area contributed by atoms with E-state index in [0.717, 1.165) is 25.5 Å². The summed E-state index contributed by atoms with van der Waals surface area (Å²) < 4.78 is 5.88. The van der Waals surface area contributed by atoms with E-state index in [1.54, 1.807) is 11.3 Å². The first kappa shape index (κ1) is 15.8. The quantitative estimate of drug-likeness (QED) is 0.661. The maximum Gasteiger partial charge on any atom is 0.192 e. The Balaban J connectivity index is 1.66. The van der Waals surface area contributed by atoms with E-state index >= 15 is 0 Å². The van der Waals surface area contributed by atoms with Gasteiger partial charge in [0.25, 0.3) is 0 Å². The summed E-state index contributed by atoms with van der Waals surface area (Å²) in [5.41, 5.74) is 0.170. The van der Waals surface area contributed by atoms with Gasteiger partial charge >= 0.3 is 0 Å². The molecule has 2 fully saturated rings. The molecular weight excluding hydrogens is 294 g/mol. The van der Waals surface area contributed by atoms with Gasteiger partial charge in [-0.3, -0.25) is 4.99 Å². The van der Waals surface area contributed by atoms with Crippen LogP contribution in [0.3, 0.4) is 0 Å². The van der Waals surface area contributed by atoms with Crippen LogP contribution in [0.5, 0.6) is 0 Å². The van der Waals surface area contributed by atoms with Crippen molar-refractivity contribution < 1.29 is 4.74 Å². The standard InChI is InChI=1S/C17H27N3OS/c1-5-18-16(19-11(2)13-7-6-10-22-13)20-14-12-8-9-21-15(12)17(14,3)4/h6-7,10-12,14-15H,5,8-9H2,1-4H3,(H2,18,19,20). The lowest BCUT2D eigenvalue weighted by Gasteiger charge is -2.55. The lowest BCUT2D eigenvalue weighted by Crippen LogP contribution is -2.68. The number of thiophene rings is 1. The van der Waals surface area contributed by atoms with Crippen molar-refractivity contribution in [2.75, 3.05) is 13.2 Å². The summed E-state index contributed by atoms with van der Waals surface area (Å²) in [5, 5.41) is 9.34. The van der Waals surface area contributed by atoms with Crippen LogP contribution in [0.2, 0.25) is 0 Å². The molecule has 0 spiro atoms. The molecule has 0 bridgehead atoms. The van der Waals surface area contributed by atoms with Gasteiger partial charge in [-0.25, -0.2) is 0 Å². The van der Waals surface area contributed by atoms with Crippen LogP contribution >= 0.6 is 11.3 Å². The van der Waals surface area contributed by atoms with Crippen LogP contribution in [0, 0.1) is 11.3 Å². The molecule has 4 atom stereocenters. The highest BCUT2D eigenvalue weighted by atomic mass is 32.1. The molecular formula is C17H27N3OS. The van der Waals surface area contributed by atoms with Gasteiger partial charge in [-0.15, -0.1) is 11.3 Å². The van der Waals surface area contributed by atoms with Crippen molar-refractivity contribution in [3.63, 3.8) is 0 Å². The Labute approximate surface area is 137 Å². The van der Waals surface area contributed by atoms with Crippen LogP contribution in [0.25, 0.3) is 0 Å². The fourth-order valence-electron chi connectivity index (χ4n) is 3.87. The van der Waals surface area contributed by atoms with Gasteiger partial charge in [-0.05, 0) is 31.7 Å². The summed E-state index contributed by atoms with van der Waals surface area (Å²) in [6, 6.07) is 4.97. The zero-order valence-corrected chi connectivity index (χ0v) is 14.7. The fraction of sp³-hybridized carbons (Fsp3) is 0.706. The van der Waals surface area contributed by atoms with E-state index in [-0.39, 0.29) is 11.5 Å². The molecule has 1 saturated carbocycles. The highest BCUT2D eigenvalue weighted by Gasteiger charge is 2.59. The summed E-state index contributed by atoms with van der Waals surface area (Å²) in [5.74, 6) is 1.54. The molecule has 3 rings (SSSR count). The zero-order chi connectivity index (χ0) is 15.7. The van der Waals surface area contributed by atoms with Crippen molar-refractivity contribution >= 4 is 17.3 Å². The average Bonchev–Trinajstić information content (AvgIpc) is 3.15. The number of rotatable bonds is 4. The average molecular weight is 321 g/mol. The van der Waals surface area contributed by atoms with E-state index in [2.05, 4.69) is 60.8 Å². The molecule has 1 saturated heterocycles. The molecule has 5 heteroatoms. The maximum atomic E-state index is 5.88. The minimum absolute atomic E-state index is 0.170. The lowest BCUT2D eigenvalue weighted by molar-refractivity contribution is -0.106. The molecule has 1 aromatic heterocycles. The Kier molecular flexibility index (Phi) is 4.46. The zero-order valence-electron chi connectivity index (χ0n) is 13.9. The van der Waals surface area contributed by atoms with E-state index in [4.69, 9.17) is 4.74 Å². The first-order chi connectivity index (χ1) is 10.5. The third-order valence-corrected chi connectivity index (χ3v) is 6.09. The van der Waals surface area contributed by atoms with Crippen molar-refractivity contribution in [2.45, 2.75) is 52.3 Å². The van der Waals surface area contributed by atoms with Gasteiger partial charge in [0.05, 0.1) is 12.1 Å². The van der Waals surface area contributed by atoms with Gasteiger partial charge in [0.15, 0.2) is 5.96 Å². The van der Waals surface area contributed by atoms with Gasteiger partial charge in [-0.1, -0.05) is 19.9 Å². The van der Waals surface area contributed by atoms with Gasteiger partial charge < -0.3 is 15.4 Å². The van der Waals surface area contributed by atoms with Gasteiger partial charge in [0.2, 0.25) is 0 Å². The smallest absolute Gasteiger partial charge is 0.192 e. The molecule has 2 N–H and O–H groups in total. The SMILES string of the molecule is CCN=C(NC(C)c1cccs1)NC1C2CCOC2C1(C)C. The Morgan fingerprint density at radius 1 is 1.55 bits per heavy atom. The highest BCUT2D eigenvalue weighted by Crippen LogP contribution is 2.52. The summed E-state index contributed by atoms with van der Waals surface area (Å²) in [6.45, 7) is 10.5. The maximum absolute atomic E-state index is 5.88. The van der Waals surface area contributed by atoms with Gasteiger partial charge in [-0.2, -0.15) is 0 Å². The van der Waals surface area contributed by atoms with Crippen molar-refractivity contribution in [3.8, 4) is 0 Å². The Bertz CT molecular complexity index is 526. The minimum Gasteiger partial charge on any atom is -0.377 e. The molecule has 2 aliphatic rings. The fourth-order valence-corrected chi connectivity index (χ4v) is 4.60. The number of nitrogens with one attached hydrogen (secondary N) is 2. The largest absolute Gasteiger partial charge is 0.377 e. The van der Waals surface area contributed by atoms with E-state index in [1.165, 1.54) is 4.88 Å². The summed E-state index contributed by atoms with van der Waals surface area (Å²) in [6.07, 6.45) is 1.56. The molecule has 22 heavy (non-hydrogen) atoms. The van der Waals surface area contributed by atoms with Crippen molar-refractivity contribution in [1.29, 1.82) is 0 Å². The summed E-state index contributed by atoms with van der Waals surface area (Å²) in [4.78, 5) is 5.97. The molecule has 1 aliphatic carbocycles. The number of ether oxygens (including phenoxy) is 1. The van der Waals surface area contributed by atoms with Crippen LogP contribution in [-0.2, 0) is 4.74 Å². The second kappa shape index (κ2) is 6.20. The molecule has 122 valence electrons. The normalized spacial score (nSPS) is 31.3. The summed E-state index contributed by atoms with van der Waals surface area (Å²) in [7, 11) is 0. The Morgan fingerprint density at radius 2 is 2.36 bits per heavy atom. The van der Waals surface area contributed by atoms with Crippen LogP contribution in [0.1, 0.15) is 45.0 Å². The monoisotopic (exact) mass is 321 g/mol. The third kappa shape index (κ3) is 2.76. The van der Waals surface area contributed by atoms with E-state index in [1.807, 2.05) is 0 Å². The molecule has 4 unspecified atom stereocenters. The van der Waals surface area contributed by atoms with Crippen molar-refractivity contribution in [1.82, 2.24) is 10.6 Å². The number of nitrogens with zero attached hydrogens (tertiary/aromatic N) is 1. The number of hydrogen-bond donors (Lipinski definition) is 2. The highest BCUT2D eigenvalue weighted by molar-refractivity contribution is 7.10. The minimum atomic E-state index is 0.170. The van der Waals surface area contributed by atoms with Crippen molar-refractivity contribution in [3.05, 3.63) is 22.4 Å². The van der Waals surface area contributed by atoms with Crippen LogP contribution in [-0.4, -0.2) is 31.3 Å². The van der Waals surface area contributed by atoms with E-state index in [0.29, 0.717) is 18.1 Å². The third-order valence-electron chi connectivity index (χ3n) is 5.03. The number of guanidine groups is 1. The van der Waals surface area contributed by atoms with Crippen LogP contribution in [0.4, 0.5) is 0 Å².